The highest BCUT2D eigenvalue weighted by atomic mass is 32.1. The fraction of sp³-hybridized carbons (Fsp3) is 0.118. The van der Waals surface area contributed by atoms with Crippen LogP contribution in [0.1, 0.15) is 23.0 Å². The van der Waals surface area contributed by atoms with Gasteiger partial charge >= 0.3 is 0 Å². The van der Waals surface area contributed by atoms with Crippen LogP contribution >= 0.6 is 11.3 Å². The standard InChI is InChI=1S/C17H16N4OS/c1-2-12-7-3-4-8-13(12)19-16(22)14-11-23-17(20-14)21-15-9-5-6-10-18-15/h3-11H,2H2,1H3,(H,19,22)(H,18,20,21). The summed E-state index contributed by atoms with van der Waals surface area (Å²) in [6, 6.07) is 13.4. The van der Waals surface area contributed by atoms with Gasteiger partial charge in [-0.05, 0) is 30.2 Å². The number of aromatic nitrogens is 2. The first-order valence-electron chi connectivity index (χ1n) is 7.29. The van der Waals surface area contributed by atoms with E-state index < -0.39 is 0 Å². The minimum Gasteiger partial charge on any atom is -0.320 e. The van der Waals surface area contributed by atoms with Gasteiger partial charge in [0.25, 0.3) is 5.91 Å². The number of carbonyl (C=O) groups is 1. The first-order chi connectivity index (χ1) is 11.3. The number of aryl methyl sites for hydroxylation is 1. The summed E-state index contributed by atoms with van der Waals surface area (Å²) in [7, 11) is 0. The Hall–Kier alpha value is -2.73. The van der Waals surface area contributed by atoms with E-state index in [2.05, 4.69) is 27.5 Å². The molecule has 2 N–H and O–H groups in total. The summed E-state index contributed by atoms with van der Waals surface area (Å²) in [5, 5.41) is 8.37. The van der Waals surface area contributed by atoms with Gasteiger partial charge in [-0.25, -0.2) is 9.97 Å². The van der Waals surface area contributed by atoms with Crippen molar-refractivity contribution in [3.8, 4) is 0 Å². The molecule has 0 atom stereocenters. The summed E-state index contributed by atoms with van der Waals surface area (Å²) in [5.74, 6) is 0.487. The number of carbonyl (C=O) groups excluding carboxylic acids is 1. The summed E-state index contributed by atoms with van der Waals surface area (Å²) >= 11 is 1.37. The Morgan fingerprint density at radius 1 is 1.17 bits per heavy atom. The smallest absolute Gasteiger partial charge is 0.275 e. The number of thiazole rings is 1. The lowest BCUT2D eigenvalue weighted by Gasteiger charge is -2.08. The third-order valence-corrected chi connectivity index (χ3v) is 4.04. The molecule has 6 heteroatoms. The van der Waals surface area contributed by atoms with Crippen molar-refractivity contribution in [3.63, 3.8) is 0 Å². The zero-order valence-corrected chi connectivity index (χ0v) is 13.4. The molecule has 2 heterocycles. The molecule has 0 aliphatic heterocycles. The van der Waals surface area contributed by atoms with Crippen LogP contribution in [0.2, 0.25) is 0 Å². The molecule has 1 aromatic carbocycles. The van der Waals surface area contributed by atoms with E-state index in [-0.39, 0.29) is 5.91 Å². The van der Waals surface area contributed by atoms with Crippen LogP contribution in [-0.2, 0) is 6.42 Å². The molecular formula is C17H16N4OS. The predicted octanol–water partition coefficient (Wildman–Crippen LogP) is 4.10. The molecule has 0 spiro atoms. The molecule has 3 aromatic rings. The number of anilines is 3. The topological polar surface area (TPSA) is 66.9 Å². The van der Waals surface area contributed by atoms with Gasteiger partial charge in [-0.15, -0.1) is 11.3 Å². The van der Waals surface area contributed by atoms with Gasteiger partial charge in [0.1, 0.15) is 11.5 Å². The van der Waals surface area contributed by atoms with Crippen molar-refractivity contribution in [2.45, 2.75) is 13.3 Å². The summed E-state index contributed by atoms with van der Waals surface area (Å²) in [6.45, 7) is 2.06. The van der Waals surface area contributed by atoms with Crippen molar-refractivity contribution < 1.29 is 4.79 Å². The average molecular weight is 324 g/mol. The Morgan fingerprint density at radius 3 is 2.78 bits per heavy atom. The normalized spacial score (nSPS) is 10.3. The Balaban J connectivity index is 1.71. The lowest BCUT2D eigenvalue weighted by molar-refractivity contribution is 0.102. The van der Waals surface area contributed by atoms with Gasteiger partial charge in [-0.3, -0.25) is 4.79 Å². The summed E-state index contributed by atoms with van der Waals surface area (Å²) < 4.78 is 0. The predicted molar refractivity (Wildman–Crippen MR) is 93.4 cm³/mol. The average Bonchev–Trinajstić information content (AvgIpc) is 3.05. The quantitative estimate of drug-likeness (QED) is 0.741. The van der Waals surface area contributed by atoms with Crippen LogP contribution in [0.4, 0.5) is 16.6 Å². The third kappa shape index (κ3) is 3.73. The molecule has 116 valence electrons. The van der Waals surface area contributed by atoms with E-state index in [4.69, 9.17) is 0 Å². The summed E-state index contributed by atoms with van der Waals surface area (Å²) in [5.41, 5.74) is 2.31. The third-order valence-electron chi connectivity index (χ3n) is 3.28. The monoisotopic (exact) mass is 324 g/mol. The number of pyridine rings is 1. The number of hydrogen-bond acceptors (Lipinski definition) is 5. The molecule has 3 rings (SSSR count). The van der Waals surface area contributed by atoms with Crippen molar-refractivity contribution in [1.82, 2.24) is 9.97 Å². The maximum absolute atomic E-state index is 12.3. The Kier molecular flexibility index (Phi) is 4.63. The number of para-hydroxylation sites is 1. The molecule has 0 bridgehead atoms. The lowest BCUT2D eigenvalue weighted by atomic mass is 10.1. The fourth-order valence-corrected chi connectivity index (χ4v) is 2.82. The van der Waals surface area contributed by atoms with Gasteiger partial charge in [0.05, 0.1) is 0 Å². The minimum absolute atomic E-state index is 0.212. The molecular weight excluding hydrogens is 308 g/mol. The van der Waals surface area contributed by atoms with Gasteiger partial charge < -0.3 is 10.6 Å². The highest BCUT2D eigenvalue weighted by Crippen LogP contribution is 2.21. The van der Waals surface area contributed by atoms with Crippen LogP contribution in [-0.4, -0.2) is 15.9 Å². The van der Waals surface area contributed by atoms with E-state index in [1.165, 1.54) is 11.3 Å². The largest absolute Gasteiger partial charge is 0.320 e. The molecule has 0 aliphatic rings. The van der Waals surface area contributed by atoms with Crippen molar-refractivity contribution in [3.05, 3.63) is 65.3 Å². The van der Waals surface area contributed by atoms with E-state index in [0.717, 1.165) is 17.7 Å². The van der Waals surface area contributed by atoms with Crippen LogP contribution in [0.5, 0.6) is 0 Å². The zero-order valence-electron chi connectivity index (χ0n) is 12.6. The van der Waals surface area contributed by atoms with Gasteiger partial charge in [-0.2, -0.15) is 0 Å². The van der Waals surface area contributed by atoms with Crippen LogP contribution in [0, 0.1) is 0 Å². The van der Waals surface area contributed by atoms with Gasteiger partial charge in [0.2, 0.25) is 0 Å². The van der Waals surface area contributed by atoms with Crippen molar-refractivity contribution in [2.75, 3.05) is 10.6 Å². The second-order valence-electron chi connectivity index (χ2n) is 4.84. The molecule has 0 radical (unpaired) electrons. The number of benzene rings is 1. The lowest BCUT2D eigenvalue weighted by Crippen LogP contribution is -2.13. The first kappa shape index (κ1) is 15.2. The molecule has 1 amide bonds. The van der Waals surface area contributed by atoms with E-state index in [1.807, 2.05) is 42.5 Å². The Labute approximate surface area is 138 Å². The van der Waals surface area contributed by atoms with Crippen LogP contribution in [0.25, 0.3) is 0 Å². The second kappa shape index (κ2) is 7.02. The number of rotatable bonds is 5. The first-order valence-corrected chi connectivity index (χ1v) is 8.17. The molecule has 0 fully saturated rings. The van der Waals surface area contributed by atoms with Crippen molar-refractivity contribution in [1.29, 1.82) is 0 Å². The minimum atomic E-state index is -0.212. The summed E-state index contributed by atoms with van der Waals surface area (Å²) in [4.78, 5) is 20.8. The van der Waals surface area contributed by atoms with Crippen molar-refractivity contribution >= 4 is 33.9 Å². The van der Waals surface area contributed by atoms with Crippen LogP contribution in [0.3, 0.4) is 0 Å². The van der Waals surface area contributed by atoms with Gasteiger partial charge in [-0.1, -0.05) is 31.2 Å². The van der Waals surface area contributed by atoms with Gasteiger partial charge in [0, 0.05) is 17.3 Å². The zero-order chi connectivity index (χ0) is 16.1. The van der Waals surface area contributed by atoms with Crippen LogP contribution < -0.4 is 10.6 Å². The van der Waals surface area contributed by atoms with E-state index in [0.29, 0.717) is 16.6 Å². The van der Waals surface area contributed by atoms with Gasteiger partial charge in [0.15, 0.2) is 5.13 Å². The van der Waals surface area contributed by atoms with Crippen molar-refractivity contribution in [2.24, 2.45) is 0 Å². The Morgan fingerprint density at radius 2 is 2.00 bits per heavy atom. The summed E-state index contributed by atoms with van der Waals surface area (Å²) in [6.07, 6.45) is 2.56. The fourth-order valence-electron chi connectivity index (χ4n) is 2.12. The van der Waals surface area contributed by atoms with E-state index in [1.54, 1.807) is 11.6 Å². The molecule has 0 saturated carbocycles. The Bertz CT molecular complexity index is 801. The SMILES string of the molecule is CCc1ccccc1NC(=O)c1csc(Nc2ccccn2)n1. The molecule has 5 nitrogen and oxygen atoms in total. The molecule has 2 aromatic heterocycles. The molecule has 23 heavy (non-hydrogen) atoms. The molecule has 0 aliphatic carbocycles. The van der Waals surface area contributed by atoms with E-state index in [9.17, 15) is 4.79 Å². The molecule has 0 unspecified atom stereocenters. The van der Waals surface area contributed by atoms with Crippen LogP contribution in [0.15, 0.2) is 54.0 Å². The number of nitrogens with one attached hydrogen (secondary N) is 2. The number of amides is 1. The molecule has 0 saturated heterocycles. The number of nitrogens with zero attached hydrogens (tertiary/aromatic N) is 2. The van der Waals surface area contributed by atoms with E-state index >= 15 is 0 Å². The maximum atomic E-state index is 12.3. The second-order valence-corrected chi connectivity index (χ2v) is 5.70. The maximum Gasteiger partial charge on any atom is 0.275 e. The highest BCUT2D eigenvalue weighted by Gasteiger charge is 2.12. The number of hydrogen-bond donors (Lipinski definition) is 2. The highest BCUT2D eigenvalue weighted by molar-refractivity contribution is 7.14.